The Morgan fingerprint density at radius 2 is 1.79 bits per heavy atom. The van der Waals surface area contributed by atoms with Crippen LogP contribution < -0.4 is 10.1 Å². The lowest BCUT2D eigenvalue weighted by Gasteiger charge is -2.23. The number of aromatic nitrogens is 1. The van der Waals surface area contributed by atoms with E-state index in [0.29, 0.717) is 22.3 Å². The molecule has 154 valence electrons. The quantitative estimate of drug-likeness (QED) is 0.577. The normalized spacial score (nSPS) is 12.2. The number of carbonyl (C=O) groups is 1. The van der Waals surface area contributed by atoms with Crippen LogP contribution in [-0.2, 0) is 16.4 Å². The number of carbonyl (C=O) groups excluding carboxylic acids is 1. The molecular weight excluding hydrogens is 381 g/mol. The Labute approximate surface area is 167 Å². The van der Waals surface area contributed by atoms with E-state index in [4.69, 9.17) is 4.74 Å². The van der Waals surface area contributed by atoms with E-state index in [2.05, 4.69) is 31.1 Å². The van der Waals surface area contributed by atoms with Crippen molar-refractivity contribution in [1.29, 1.82) is 0 Å². The second-order valence-corrected chi connectivity index (χ2v) is 8.07. The standard InChI is InChI=1S/C22H23F3N2O2/c1-13-5-8-18(16(9-13)21(2,3)4)29-12-20(28)26-15-6-7-17-14(10-15)11-19(27-17)22(23,24)25/h5-11,27H,12H2,1-4H3,(H,26,28). The fourth-order valence-electron chi connectivity index (χ4n) is 3.06. The second-order valence-electron chi connectivity index (χ2n) is 8.07. The smallest absolute Gasteiger partial charge is 0.431 e. The number of nitrogens with one attached hydrogen (secondary N) is 2. The number of amides is 1. The van der Waals surface area contributed by atoms with Crippen LogP contribution in [-0.4, -0.2) is 17.5 Å². The third kappa shape index (κ3) is 4.91. The van der Waals surface area contributed by atoms with Gasteiger partial charge in [0.2, 0.25) is 0 Å². The Morgan fingerprint density at radius 1 is 1.07 bits per heavy atom. The third-order valence-electron chi connectivity index (χ3n) is 4.51. The van der Waals surface area contributed by atoms with Crippen LogP contribution in [0.25, 0.3) is 10.9 Å². The van der Waals surface area contributed by atoms with Gasteiger partial charge in [-0.1, -0.05) is 38.5 Å². The highest BCUT2D eigenvalue weighted by Gasteiger charge is 2.32. The Bertz CT molecular complexity index is 1050. The number of benzene rings is 2. The zero-order chi connectivity index (χ0) is 21.4. The van der Waals surface area contributed by atoms with Crippen molar-refractivity contribution in [2.75, 3.05) is 11.9 Å². The van der Waals surface area contributed by atoms with Crippen LogP contribution in [0.15, 0.2) is 42.5 Å². The van der Waals surface area contributed by atoms with Gasteiger partial charge in [0.05, 0.1) is 0 Å². The van der Waals surface area contributed by atoms with Gasteiger partial charge in [0, 0.05) is 16.6 Å². The van der Waals surface area contributed by atoms with Gasteiger partial charge in [-0.15, -0.1) is 0 Å². The molecule has 1 amide bonds. The highest BCUT2D eigenvalue weighted by Crippen LogP contribution is 2.33. The lowest BCUT2D eigenvalue weighted by molar-refractivity contribution is -0.140. The maximum absolute atomic E-state index is 12.8. The van der Waals surface area contributed by atoms with Gasteiger partial charge in [0.25, 0.3) is 5.91 Å². The number of alkyl halides is 3. The number of halogens is 3. The summed E-state index contributed by atoms with van der Waals surface area (Å²) >= 11 is 0. The molecule has 0 radical (unpaired) electrons. The van der Waals surface area contributed by atoms with E-state index in [0.717, 1.165) is 17.2 Å². The van der Waals surface area contributed by atoms with Crippen LogP contribution in [0.4, 0.5) is 18.9 Å². The molecule has 1 heterocycles. The van der Waals surface area contributed by atoms with Crippen molar-refractivity contribution >= 4 is 22.5 Å². The zero-order valence-corrected chi connectivity index (χ0v) is 16.7. The average Bonchev–Trinajstić information content (AvgIpc) is 3.03. The predicted molar refractivity (Wildman–Crippen MR) is 107 cm³/mol. The van der Waals surface area contributed by atoms with Crippen molar-refractivity contribution in [3.05, 3.63) is 59.3 Å². The first-order chi connectivity index (χ1) is 13.4. The molecule has 1 aromatic heterocycles. The monoisotopic (exact) mass is 404 g/mol. The number of ether oxygens (including phenoxy) is 1. The summed E-state index contributed by atoms with van der Waals surface area (Å²) in [5.41, 5.74) is 1.88. The highest BCUT2D eigenvalue weighted by atomic mass is 19.4. The molecule has 7 heteroatoms. The number of aromatic amines is 1. The second kappa shape index (κ2) is 7.46. The summed E-state index contributed by atoms with van der Waals surface area (Å²) in [6.45, 7) is 7.99. The van der Waals surface area contributed by atoms with Crippen LogP contribution in [0.5, 0.6) is 5.75 Å². The van der Waals surface area contributed by atoms with Gasteiger partial charge in [-0.25, -0.2) is 0 Å². The maximum Gasteiger partial charge on any atom is 0.431 e. The molecule has 0 saturated heterocycles. The summed E-state index contributed by atoms with van der Waals surface area (Å²) < 4.78 is 44.2. The van der Waals surface area contributed by atoms with Gasteiger partial charge in [0.1, 0.15) is 11.4 Å². The van der Waals surface area contributed by atoms with Crippen LogP contribution in [0.1, 0.15) is 37.6 Å². The number of anilines is 1. The van der Waals surface area contributed by atoms with Gasteiger partial charge >= 0.3 is 6.18 Å². The lowest BCUT2D eigenvalue weighted by atomic mass is 9.85. The number of aryl methyl sites for hydroxylation is 1. The van der Waals surface area contributed by atoms with Crippen molar-refractivity contribution in [2.24, 2.45) is 0 Å². The minimum absolute atomic E-state index is 0.145. The Morgan fingerprint density at radius 3 is 2.45 bits per heavy atom. The number of H-pyrrole nitrogens is 1. The number of fused-ring (bicyclic) bond motifs is 1. The van der Waals surface area contributed by atoms with Crippen molar-refractivity contribution in [3.8, 4) is 5.75 Å². The lowest BCUT2D eigenvalue weighted by Crippen LogP contribution is -2.22. The third-order valence-corrected chi connectivity index (χ3v) is 4.51. The van der Waals surface area contributed by atoms with E-state index < -0.39 is 17.8 Å². The Hall–Kier alpha value is -2.96. The van der Waals surface area contributed by atoms with E-state index in [-0.39, 0.29) is 12.0 Å². The molecule has 2 aromatic carbocycles. The summed E-state index contributed by atoms with van der Waals surface area (Å²) in [4.78, 5) is 14.6. The van der Waals surface area contributed by atoms with Gasteiger partial charge in [0.15, 0.2) is 6.61 Å². The zero-order valence-electron chi connectivity index (χ0n) is 16.7. The molecule has 0 bridgehead atoms. The summed E-state index contributed by atoms with van der Waals surface area (Å²) in [6.07, 6.45) is -4.45. The largest absolute Gasteiger partial charge is 0.483 e. The highest BCUT2D eigenvalue weighted by molar-refractivity contribution is 5.94. The van der Waals surface area contributed by atoms with E-state index in [1.54, 1.807) is 6.07 Å². The van der Waals surface area contributed by atoms with Gasteiger partial charge < -0.3 is 15.0 Å². The summed E-state index contributed by atoms with van der Waals surface area (Å²) in [7, 11) is 0. The van der Waals surface area contributed by atoms with Crippen molar-refractivity contribution in [2.45, 2.75) is 39.3 Å². The molecule has 29 heavy (non-hydrogen) atoms. The van der Waals surface area contributed by atoms with E-state index in [9.17, 15) is 18.0 Å². The number of rotatable bonds is 4. The molecule has 0 aliphatic heterocycles. The molecule has 3 rings (SSSR count). The fraction of sp³-hybridized carbons (Fsp3) is 0.318. The molecule has 0 aliphatic carbocycles. The molecule has 3 aromatic rings. The van der Waals surface area contributed by atoms with E-state index in [1.165, 1.54) is 12.1 Å². The first-order valence-corrected chi connectivity index (χ1v) is 9.17. The van der Waals surface area contributed by atoms with Crippen molar-refractivity contribution < 1.29 is 22.7 Å². The van der Waals surface area contributed by atoms with Gasteiger partial charge in [-0.3, -0.25) is 4.79 Å². The molecule has 0 saturated carbocycles. The molecule has 2 N–H and O–H groups in total. The first-order valence-electron chi connectivity index (χ1n) is 9.17. The average molecular weight is 404 g/mol. The molecule has 0 fully saturated rings. The van der Waals surface area contributed by atoms with E-state index in [1.807, 2.05) is 25.1 Å². The number of hydrogen-bond donors (Lipinski definition) is 2. The van der Waals surface area contributed by atoms with Gasteiger partial charge in [-0.2, -0.15) is 13.2 Å². The first kappa shape index (κ1) is 20.8. The molecule has 0 aliphatic rings. The molecule has 0 unspecified atom stereocenters. The predicted octanol–water partition coefficient (Wildman–Crippen LogP) is 5.81. The molecular formula is C22H23F3N2O2. The maximum atomic E-state index is 12.8. The van der Waals surface area contributed by atoms with Crippen molar-refractivity contribution in [1.82, 2.24) is 4.98 Å². The molecule has 0 spiro atoms. The summed E-state index contributed by atoms with van der Waals surface area (Å²) in [5, 5.41) is 3.03. The van der Waals surface area contributed by atoms with Crippen LogP contribution >= 0.6 is 0 Å². The minimum atomic E-state index is -4.45. The molecule has 0 atom stereocenters. The van der Waals surface area contributed by atoms with Crippen LogP contribution in [0, 0.1) is 6.92 Å². The van der Waals surface area contributed by atoms with Crippen LogP contribution in [0.3, 0.4) is 0 Å². The Balaban J connectivity index is 1.70. The fourth-order valence-corrected chi connectivity index (χ4v) is 3.06. The van der Waals surface area contributed by atoms with Crippen molar-refractivity contribution in [3.63, 3.8) is 0 Å². The summed E-state index contributed by atoms with van der Waals surface area (Å²) in [5.74, 6) is 0.241. The van der Waals surface area contributed by atoms with Gasteiger partial charge in [-0.05, 0) is 48.2 Å². The SMILES string of the molecule is Cc1ccc(OCC(=O)Nc2ccc3[nH]c(C(F)(F)F)cc3c2)c(C(C)(C)C)c1. The molecule has 4 nitrogen and oxygen atoms in total. The minimum Gasteiger partial charge on any atom is -0.483 e. The number of hydrogen-bond acceptors (Lipinski definition) is 2. The van der Waals surface area contributed by atoms with Crippen LogP contribution in [0.2, 0.25) is 0 Å². The Kier molecular flexibility index (Phi) is 5.34. The topological polar surface area (TPSA) is 54.1 Å². The van der Waals surface area contributed by atoms with E-state index >= 15 is 0 Å². The summed E-state index contributed by atoms with van der Waals surface area (Å²) in [6, 6.07) is 11.3.